The van der Waals surface area contributed by atoms with Gasteiger partial charge in [0, 0.05) is 23.4 Å². The van der Waals surface area contributed by atoms with Gasteiger partial charge in [-0.3, -0.25) is 10.1 Å². The number of aromatic nitrogens is 2. The van der Waals surface area contributed by atoms with Crippen molar-refractivity contribution in [1.82, 2.24) is 10.2 Å². The Hall–Kier alpha value is -3.75. The molecule has 2 N–H and O–H groups in total. The summed E-state index contributed by atoms with van der Waals surface area (Å²) < 4.78 is 10.8. The maximum Gasteiger partial charge on any atom is 0.341 e. The van der Waals surface area contributed by atoms with Gasteiger partial charge in [-0.1, -0.05) is 17.7 Å². The minimum absolute atomic E-state index is 0.0729. The van der Waals surface area contributed by atoms with Gasteiger partial charge in [-0.25, -0.2) is 4.79 Å². The van der Waals surface area contributed by atoms with Crippen molar-refractivity contribution < 1.29 is 18.9 Å². The molecule has 3 aromatic rings. The number of carbonyl (C=O) groups is 1. The number of carbonyl (C=O) groups excluding carboxylic acids is 1. The molecule has 1 heterocycles. The molecule has 0 aliphatic heterocycles. The molecule has 138 valence electrons. The number of hydrogen-bond acceptors (Lipinski definition) is 8. The fraction of sp³-hybridized carbons (Fsp3) is 0.167. The fourth-order valence-corrected chi connectivity index (χ4v) is 2.40. The SMILES string of the molecule is Cc1cccc(-c2nnc([C@@H](C)OC(=O)c3cc([N+](=O)[O-])ccc3N)o2)c1. The van der Waals surface area contributed by atoms with Crippen LogP contribution in [0, 0.1) is 17.0 Å². The Balaban J connectivity index is 1.78. The first-order chi connectivity index (χ1) is 12.8. The summed E-state index contributed by atoms with van der Waals surface area (Å²) in [4.78, 5) is 22.6. The monoisotopic (exact) mass is 368 g/mol. The molecule has 9 heteroatoms. The molecule has 9 nitrogen and oxygen atoms in total. The van der Waals surface area contributed by atoms with Crippen LogP contribution in [-0.4, -0.2) is 21.1 Å². The topological polar surface area (TPSA) is 134 Å². The number of nitrogens with zero attached hydrogens (tertiary/aromatic N) is 3. The number of nitrogen functional groups attached to an aromatic ring is 1. The molecule has 0 radical (unpaired) electrons. The second-order valence-electron chi connectivity index (χ2n) is 5.89. The minimum Gasteiger partial charge on any atom is -0.449 e. The maximum absolute atomic E-state index is 12.3. The number of nitro benzene ring substituents is 1. The van der Waals surface area contributed by atoms with Gasteiger partial charge in [-0.2, -0.15) is 0 Å². The van der Waals surface area contributed by atoms with Crippen molar-refractivity contribution in [3.63, 3.8) is 0 Å². The molecular weight excluding hydrogens is 352 g/mol. The number of non-ortho nitro benzene ring substituents is 1. The molecule has 0 bridgehead atoms. The summed E-state index contributed by atoms with van der Waals surface area (Å²) in [5.74, 6) is -0.422. The van der Waals surface area contributed by atoms with E-state index in [2.05, 4.69) is 10.2 Å². The van der Waals surface area contributed by atoms with Crippen molar-refractivity contribution in [1.29, 1.82) is 0 Å². The highest BCUT2D eigenvalue weighted by Crippen LogP contribution is 2.26. The normalized spacial score (nSPS) is 11.8. The molecule has 0 amide bonds. The van der Waals surface area contributed by atoms with E-state index in [-0.39, 0.29) is 22.8 Å². The van der Waals surface area contributed by atoms with E-state index in [0.717, 1.165) is 17.2 Å². The van der Waals surface area contributed by atoms with Gasteiger partial charge in [-0.05, 0) is 32.0 Å². The summed E-state index contributed by atoms with van der Waals surface area (Å²) in [5.41, 5.74) is 7.21. The van der Waals surface area contributed by atoms with Crippen LogP contribution in [0.5, 0.6) is 0 Å². The van der Waals surface area contributed by atoms with E-state index in [1.165, 1.54) is 12.1 Å². The van der Waals surface area contributed by atoms with Gasteiger partial charge in [0.05, 0.1) is 10.5 Å². The van der Waals surface area contributed by atoms with E-state index in [0.29, 0.717) is 5.89 Å². The van der Waals surface area contributed by atoms with E-state index in [1.807, 2.05) is 31.2 Å². The predicted molar refractivity (Wildman–Crippen MR) is 95.8 cm³/mol. The molecule has 0 fully saturated rings. The zero-order valence-electron chi connectivity index (χ0n) is 14.6. The van der Waals surface area contributed by atoms with Gasteiger partial charge in [0.25, 0.3) is 11.6 Å². The Morgan fingerprint density at radius 1 is 1.26 bits per heavy atom. The summed E-state index contributed by atoms with van der Waals surface area (Å²) in [7, 11) is 0. The van der Waals surface area contributed by atoms with E-state index in [4.69, 9.17) is 14.9 Å². The average Bonchev–Trinajstić information content (AvgIpc) is 3.12. The first-order valence-corrected chi connectivity index (χ1v) is 8.00. The number of ether oxygens (including phenoxy) is 1. The van der Waals surface area contributed by atoms with Crippen molar-refractivity contribution in [3.8, 4) is 11.5 Å². The Kier molecular flexibility index (Phi) is 4.84. The van der Waals surface area contributed by atoms with E-state index in [1.54, 1.807) is 6.92 Å². The smallest absolute Gasteiger partial charge is 0.341 e. The van der Waals surface area contributed by atoms with Crippen LogP contribution in [-0.2, 0) is 4.74 Å². The van der Waals surface area contributed by atoms with Gasteiger partial charge in [0.1, 0.15) is 0 Å². The van der Waals surface area contributed by atoms with Gasteiger partial charge >= 0.3 is 5.97 Å². The maximum atomic E-state index is 12.3. The first-order valence-electron chi connectivity index (χ1n) is 8.00. The van der Waals surface area contributed by atoms with Gasteiger partial charge in [0.2, 0.25) is 5.89 Å². The number of aryl methyl sites for hydroxylation is 1. The highest BCUT2D eigenvalue weighted by atomic mass is 16.6. The molecule has 27 heavy (non-hydrogen) atoms. The number of hydrogen-bond donors (Lipinski definition) is 1. The highest BCUT2D eigenvalue weighted by molar-refractivity contribution is 5.95. The predicted octanol–water partition coefficient (Wildman–Crippen LogP) is 3.45. The van der Waals surface area contributed by atoms with Crippen LogP contribution in [0.1, 0.15) is 34.8 Å². The molecule has 1 atom stereocenters. The zero-order chi connectivity index (χ0) is 19.6. The van der Waals surface area contributed by atoms with Crippen LogP contribution in [0.15, 0.2) is 46.9 Å². The lowest BCUT2D eigenvalue weighted by atomic mass is 10.1. The van der Waals surface area contributed by atoms with Gasteiger partial charge in [0.15, 0.2) is 6.10 Å². The molecule has 3 rings (SSSR count). The summed E-state index contributed by atoms with van der Waals surface area (Å²) >= 11 is 0. The van der Waals surface area contributed by atoms with Crippen molar-refractivity contribution in [2.24, 2.45) is 0 Å². The van der Waals surface area contributed by atoms with Crippen LogP contribution >= 0.6 is 0 Å². The lowest BCUT2D eigenvalue weighted by molar-refractivity contribution is -0.384. The third kappa shape index (κ3) is 3.92. The Bertz CT molecular complexity index is 1010. The minimum atomic E-state index is -0.859. The number of anilines is 1. The molecule has 1 aromatic heterocycles. The van der Waals surface area contributed by atoms with Crippen molar-refractivity contribution >= 4 is 17.3 Å². The van der Waals surface area contributed by atoms with Crippen molar-refractivity contribution in [2.45, 2.75) is 20.0 Å². The molecule has 0 unspecified atom stereocenters. The molecule has 0 aliphatic rings. The number of rotatable bonds is 5. The molecule has 0 saturated heterocycles. The van der Waals surface area contributed by atoms with Gasteiger partial charge < -0.3 is 14.9 Å². The van der Waals surface area contributed by atoms with Gasteiger partial charge in [-0.15, -0.1) is 10.2 Å². The summed E-state index contributed by atoms with van der Waals surface area (Å²) in [6, 6.07) is 11.1. The number of benzene rings is 2. The van der Waals surface area contributed by atoms with Crippen LogP contribution in [0.4, 0.5) is 11.4 Å². The number of esters is 1. The fourth-order valence-electron chi connectivity index (χ4n) is 2.40. The van der Waals surface area contributed by atoms with Crippen LogP contribution < -0.4 is 5.73 Å². The number of nitro groups is 1. The molecule has 0 saturated carbocycles. The second-order valence-corrected chi connectivity index (χ2v) is 5.89. The van der Waals surface area contributed by atoms with Crippen molar-refractivity contribution in [2.75, 3.05) is 5.73 Å². The van der Waals surface area contributed by atoms with Crippen LogP contribution in [0.2, 0.25) is 0 Å². The standard InChI is InChI=1S/C18H16N4O5/c1-10-4-3-5-12(8-10)17-21-20-16(27-17)11(2)26-18(23)14-9-13(22(24)25)6-7-15(14)19/h3-9,11H,19H2,1-2H3/t11-/m1/s1. The van der Waals surface area contributed by atoms with Crippen LogP contribution in [0.25, 0.3) is 11.5 Å². The van der Waals surface area contributed by atoms with E-state index in [9.17, 15) is 14.9 Å². The Morgan fingerprint density at radius 3 is 2.74 bits per heavy atom. The van der Waals surface area contributed by atoms with Crippen molar-refractivity contribution in [3.05, 3.63) is 69.6 Å². The zero-order valence-corrected chi connectivity index (χ0v) is 14.6. The molecule has 0 aliphatic carbocycles. The molecular formula is C18H16N4O5. The summed E-state index contributed by atoms with van der Waals surface area (Å²) in [6.45, 7) is 3.49. The lowest BCUT2D eigenvalue weighted by Crippen LogP contribution is -2.12. The largest absolute Gasteiger partial charge is 0.449 e. The second kappa shape index (κ2) is 7.24. The molecule has 2 aromatic carbocycles. The average molecular weight is 368 g/mol. The lowest BCUT2D eigenvalue weighted by Gasteiger charge is -2.10. The van der Waals surface area contributed by atoms with E-state index >= 15 is 0 Å². The summed E-state index contributed by atoms with van der Waals surface area (Å²) in [5, 5.41) is 18.7. The van der Waals surface area contributed by atoms with E-state index < -0.39 is 17.0 Å². The Labute approximate surface area is 153 Å². The number of nitrogens with two attached hydrogens (primary N) is 1. The third-order valence-corrected chi connectivity index (χ3v) is 3.80. The summed E-state index contributed by atoms with van der Waals surface area (Å²) in [6.07, 6.45) is -0.859. The first kappa shape index (κ1) is 18.1. The van der Waals surface area contributed by atoms with Crippen LogP contribution in [0.3, 0.4) is 0 Å². The third-order valence-electron chi connectivity index (χ3n) is 3.80. The quantitative estimate of drug-likeness (QED) is 0.313. The highest BCUT2D eigenvalue weighted by Gasteiger charge is 2.23. The Morgan fingerprint density at radius 2 is 2.04 bits per heavy atom. The molecule has 0 spiro atoms.